The molecule has 0 saturated heterocycles. The van der Waals surface area contributed by atoms with E-state index in [0.29, 0.717) is 185 Å². The van der Waals surface area contributed by atoms with Crippen LogP contribution < -0.4 is 21.7 Å². The fraction of sp³-hybridized carbons (Fsp3) is 0.528. The van der Waals surface area contributed by atoms with Crippen molar-refractivity contribution in [1.29, 1.82) is 0 Å². The summed E-state index contributed by atoms with van der Waals surface area (Å²) in [7, 11) is 8.18. The number of nitrogens with one attached hydrogen (secondary N) is 3. The van der Waals surface area contributed by atoms with Crippen LogP contribution >= 0.6 is 69.6 Å². The summed E-state index contributed by atoms with van der Waals surface area (Å²) in [6.45, 7) is 14.5. The number of fused-ring (bicyclic) bond motifs is 5. The average molecular weight is 1780 g/mol. The van der Waals surface area contributed by atoms with Crippen LogP contribution in [0.1, 0.15) is 154 Å². The summed E-state index contributed by atoms with van der Waals surface area (Å²) in [5.74, 6) is -0.678. The largest absolute Gasteiger partial charge is 0.378 e. The monoisotopic (exact) mass is 1770 g/mol. The SMILES string of the molecule is CN(CCOCCOCCOCCNC(=O)CCC(N)(CCC(=O)NCCOCCOCCOCCN1Cc2ccc(C3CN(C)Cc4c(Cl)cc(Cl)cc43)cc2C1=O)CCC(=O)NCCOCCOCCOCCN1Cc2ccc(C3CN(C)Cc4c(Cl)cc(Cl)cc43)cc2C1=O)Cc1ccc(C2CN(C)Cc3c(Cl)cc(Cl)cc32)cc1C=O. The molecule has 5 N–H and O–H groups in total. The lowest BCUT2D eigenvalue weighted by Crippen LogP contribution is -2.44. The van der Waals surface area contributed by atoms with Crippen molar-refractivity contribution in [2.45, 2.75) is 101 Å². The zero-order chi connectivity index (χ0) is 85.1. The quantitative estimate of drug-likeness (QED) is 0.0204. The van der Waals surface area contributed by atoms with Gasteiger partial charge in [-0.05, 0) is 169 Å². The zero-order valence-electron chi connectivity index (χ0n) is 69.2. The van der Waals surface area contributed by atoms with Gasteiger partial charge in [0, 0.05) is 188 Å². The van der Waals surface area contributed by atoms with Gasteiger partial charge in [-0.3, -0.25) is 33.7 Å². The van der Waals surface area contributed by atoms with Crippen molar-refractivity contribution in [3.63, 3.8) is 0 Å². The van der Waals surface area contributed by atoms with Gasteiger partial charge < -0.3 is 88.8 Å². The number of hydrogen-bond acceptors (Lipinski definition) is 20. The number of rotatable bonds is 51. The first kappa shape index (κ1) is 94.2. The molecule has 0 radical (unpaired) electrons. The molecule has 6 aromatic rings. The molecule has 0 bridgehead atoms. The molecule has 5 amide bonds. The van der Waals surface area contributed by atoms with Crippen LogP contribution in [0.3, 0.4) is 0 Å². The summed E-state index contributed by atoms with van der Waals surface area (Å²) in [4.78, 5) is 91.4. The highest BCUT2D eigenvalue weighted by Gasteiger charge is 2.36. The van der Waals surface area contributed by atoms with Crippen molar-refractivity contribution < 1.29 is 71.4 Å². The minimum Gasteiger partial charge on any atom is -0.378 e. The van der Waals surface area contributed by atoms with Gasteiger partial charge in [0.05, 0.1) is 119 Å². The Morgan fingerprint density at radius 2 is 0.767 bits per heavy atom. The van der Waals surface area contributed by atoms with E-state index in [0.717, 1.165) is 112 Å². The number of ether oxygens (including phenoxy) is 9. The number of likely N-dealkylation sites (N-methyl/N-ethyl adjacent to an activating group) is 4. The van der Waals surface area contributed by atoms with Gasteiger partial charge in [-0.25, -0.2) is 0 Å². The van der Waals surface area contributed by atoms with E-state index in [9.17, 15) is 28.8 Å². The van der Waals surface area contributed by atoms with Crippen molar-refractivity contribution in [3.8, 4) is 0 Å². The lowest BCUT2D eigenvalue weighted by Gasteiger charge is -2.33. The molecule has 0 aromatic heterocycles. The van der Waals surface area contributed by atoms with Crippen LogP contribution in [0, 0.1) is 0 Å². The number of hydrogen-bond donors (Lipinski definition) is 4. The Morgan fingerprint density at radius 3 is 1.12 bits per heavy atom. The molecule has 6 aromatic carbocycles. The summed E-state index contributed by atoms with van der Waals surface area (Å²) >= 11 is 39.2. The van der Waals surface area contributed by atoms with Gasteiger partial charge in [-0.2, -0.15) is 0 Å². The third-order valence-electron chi connectivity index (χ3n) is 22.6. The predicted molar refractivity (Wildman–Crippen MR) is 465 cm³/mol. The highest BCUT2D eigenvalue weighted by Crippen LogP contribution is 2.43. The Balaban J connectivity index is 0.527. The standard InChI is InChI=1S/C89H114Cl6N10O15/c1-100(50-63-8-5-60(41-66(63)59-106)75-53-101(2)56-78-72(75)44-67(90)47-81(78)93)20-26-115-32-38-118-35-29-112-23-17-97-84(107)11-14-89(96,15-12-85(108)98-18-24-113-30-36-119-39-33-116-27-21-104-51-64-9-6-61(42-70(64)87(104)110)76-54-102(3)57-79-73(76)45-68(91)48-82(79)94)16-13-86(109)99-19-25-114-31-37-120-40-34-117-28-22-105-52-65-10-7-62(43-71(65)88(105)111)77-55-103(4)58-80-74(77)46-69(92)49-83(80)95/h5-10,41-49,59,75-77H,11-40,50-58,96H2,1-4H3,(H,97,107)(H,98,108)(H,99,109). The highest BCUT2D eigenvalue weighted by molar-refractivity contribution is 6.36. The van der Waals surface area contributed by atoms with Gasteiger partial charge in [-0.15, -0.1) is 0 Å². The summed E-state index contributed by atoms with van der Waals surface area (Å²) < 4.78 is 51.8. The Bertz CT molecular complexity index is 4270. The molecule has 652 valence electrons. The second-order valence-electron chi connectivity index (χ2n) is 31.6. The topological polar surface area (TPSA) is 267 Å². The number of nitrogens with two attached hydrogens (primary N) is 1. The average Bonchev–Trinajstić information content (AvgIpc) is 1.08. The highest BCUT2D eigenvalue weighted by atomic mass is 35.5. The van der Waals surface area contributed by atoms with Crippen molar-refractivity contribution in [2.75, 3.05) is 206 Å². The Labute approximate surface area is 734 Å². The van der Waals surface area contributed by atoms with Crippen LogP contribution in [0.4, 0.5) is 0 Å². The number of carbonyl (C=O) groups is 6. The van der Waals surface area contributed by atoms with Crippen LogP contribution in [0.2, 0.25) is 30.1 Å². The van der Waals surface area contributed by atoms with Crippen LogP contribution in [-0.4, -0.2) is 277 Å². The van der Waals surface area contributed by atoms with Crippen LogP contribution in [0.5, 0.6) is 0 Å². The molecule has 5 aliphatic rings. The maximum atomic E-state index is 13.6. The molecule has 11 rings (SSSR count). The van der Waals surface area contributed by atoms with Gasteiger partial charge in [0.2, 0.25) is 17.7 Å². The predicted octanol–water partition coefficient (Wildman–Crippen LogP) is 11.4. The normalized spacial score (nSPS) is 17.1. The second kappa shape index (κ2) is 47.6. The van der Waals surface area contributed by atoms with E-state index in [1.165, 1.54) is 0 Å². The fourth-order valence-electron chi connectivity index (χ4n) is 16.1. The molecule has 31 heteroatoms. The number of benzene rings is 6. The molecule has 0 saturated carbocycles. The van der Waals surface area contributed by atoms with Crippen molar-refractivity contribution in [1.82, 2.24) is 45.3 Å². The molecule has 5 aliphatic heterocycles. The van der Waals surface area contributed by atoms with Gasteiger partial charge in [0.25, 0.3) is 11.8 Å². The molecular weight excluding hydrogens is 1660 g/mol. The second-order valence-corrected chi connectivity index (χ2v) is 34.2. The van der Waals surface area contributed by atoms with Crippen LogP contribution in [0.25, 0.3) is 0 Å². The van der Waals surface area contributed by atoms with E-state index in [4.69, 9.17) is 118 Å². The van der Waals surface area contributed by atoms with E-state index in [-0.39, 0.29) is 125 Å². The van der Waals surface area contributed by atoms with E-state index in [1.54, 1.807) is 28.0 Å². The Morgan fingerprint density at radius 1 is 0.442 bits per heavy atom. The van der Waals surface area contributed by atoms with E-state index < -0.39 is 5.54 Å². The van der Waals surface area contributed by atoms with Gasteiger partial charge in [0.1, 0.15) is 6.29 Å². The molecule has 0 fully saturated rings. The fourth-order valence-corrected chi connectivity index (χ4v) is 17.8. The first-order chi connectivity index (χ1) is 58.0. The molecule has 0 spiro atoms. The lowest BCUT2D eigenvalue weighted by atomic mass is 9.83. The van der Waals surface area contributed by atoms with Crippen molar-refractivity contribution >= 4 is 105 Å². The van der Waals surface area contributed by atoms with Gasteiger partial charge in [-0.1, -0.05) is 106 Å². The number of halogens is 6. The Hall–Kier alpha value is -6.48. The number of carbonyl (C=O) groups excluding carboxylic acids is 6. The zero-order valence-corrected chi connectivity index (χ0v) is 73.7. The van der Waals surface area contributed by atoms with Crippen molar-refractivity contribution in [3.05, 3.63) is 205 Å². The Kier molecular flexibility index (Phi) is 37.3. The van der Waals surface area contributed by atoms with Gasteiger partial charge in [0.15, 0.2) is 0 Å². The number of aldehydes is 1. The summed E-state index contributed by atoms with van der Waals surface area (Å²) in [6, 6.07) is 29.7. The minimum atomic E-state index is -1.03. The smallest absolute Gasteiger partial charge is 0.254 e. The van der Waals surface area contributed by atoms with E-state index in [1.807, 2.05) is 61.6 Å². The number of amides is 5. The minimum absolute atomic E-state index is 0.0190. The molecule has 3 unspecified atom stereocenters. The molecule has 25 nitrogen and oxygen atoms in total. The lowest BCUT2D eigenvalue weighted by molar-refractivity contribution is -0.121. The maximum absolute atomic E-state index is 13.6. The third-order valence-corrected chi connectivity index (χ3v) is 24.2. The molecule has 0 aliphatic carbocycles. The maximum Gasteiger partial charge on any atom is 0.254 e. The van der Waals surface area contributed by atoms with E-state index in [2.05, 4.69) is 74.9 Å². The van der Waals surface area contributed by atoms with Gasteiger partial charge >= 0.3 is 0 Å². The van der Waals surface area contributed by atoms with Crippen molar-refractivity contribution in [2.24, 2.45) is 5.73 Å². The first-order valence-electron chi connectivity index (χ1n) is 41.4. The first-order valence-corrected chi connectivity index (χ1v) is 43.7. The third kappa shape index (κ3) is 27.8. The molecule has 120 heavy (non-hydrogen) atoms. The summed E-state index contributed by atoms with van der Waals surface area (Å²) in [6.07, 6.45) is 1.77. The van der Waals surface area contributed by atoms with E-state index >= 15 is 0 Å². The molecule has 3 atom stereocenters. The molecule has 5 heterocycles. The summed E-state index contributed by atoms with van der Waals surface area (Å²) in [5, 5.41) is 12.4. The molecular formula is C89H114Cl6N10O15. The number of nitrogens with zero attached hydrogens (tertiary/aromatic N) is 6. The van der Waals surface area contributed by atoms with Crippen LogP contribution in [-0.2, 0) is 96.3 Å². The summed E-state index contributed by atoms with van der Waals surface area (Å²) in [5.41, 5.74) is 20.5. The van der Waals surface area contributed by atoms with Crippen LogP contribution in [0.15, 0.2) is 91.0 Å².